The number of benzene rings is 6. The van der Waals surface area contributed by atoms with Gasteiger partial charge in [-0.2, -0.15) is 21.0 Å². The van der Waals surface area contributed by atoms with Crippen LogP contribution in [-0.2, 0) is 0 Å². The molecule has 6 aromatic carbocycles. The van der Waals surface area contributed by atoms with Gasteiger partial charge in [-0.05, 0) is 111 Å². The molecular weight excluding hydrogens is 659 g/mol. The van der Waals surface area contributed by atoms with Crippen LogP contribution in [0.4, 0.5) is 0 Å². The van der Waals surface area contributed by atoms with Gasteiger partial charge in [-0.1, -0.05) is 79.4 Å². The summed E-state index contributed by atoms with van der Waals surface area (Å²) in [5.41, 5.74) is 11.4. The maximum atomic E-state index is 9.49. The second-order valence-corrected chi connectivity index (χ2v) is 19.6. The van der Waals surface area contributed by atoms with Gasteiger partial charge in [0, 0.05) is 5.56 Å². The van der Waals surface area contributed by atoms with Gasteiger partial charge in [0.2, 0.25) is 0 Å². The van der Waals surface area contributed by atoms with E-state index in [1.807, 2.05) is 24.3 Å². The van der Waals surface area contributed by atoms with E-state index in [1.165, 1.54) is 9.89 Å². The highest BCUT2D eigenvalue weighted by molar-refractivity contribution is 7.21. The topological polar surface area (TPSA) is 108 Å². The number of hydrogen-bond donors (Lipinski definition) is 0. The van der Waals surface area contributed by atoms with Crippen molar-refractivity contribution in [1.29, 1.82) is 21.0 Å². The van der Waals surface area contributed by atoms with E-state index in [9.17, 15) is 21.0 Å². The zero-order valence-corrected chi connectivity index (χ0v) is 30.0. The molecule has 0 bridgehead atoms. The summed E-state index contributed by atoms with van der Waals surface area (Å²) in [5.74, 6) is 0. The molecule has 7 heteroatoms. The maximum Gasteiger partial charge on any atom is 0.124 e. The Kier molecular flexibility index (Phi) is 8.62. The highest BCUT2D eigenvalue weighted by Gasteiger charge is 2.18. The SMILES string of the molecule is C[Si](C)(C)c1ccc2nc(-c3cc(-c4ccc(-c5cc(C#N)cc(C#N)c5)cc4)cc(-c4ccc(-c5cc(C#N)cc(C#N)c5)cc4)c3)sc2c1. The number of nitrogens with zero attached hydrogens (tertiary/aromatic N) is 5. The molecule has 0 amide bonds. The quantitative estimate of drug-likeness (QED) is 0.162. The average molecular weight is 688 g/mol. The summed E-state index contributed by atoms with van der Waals surface area (Å²) >= 11 is 1.71. The summed E-state index contributed by atoms with van der Waals surface area (Å²) in [6, 6.07) is 48.6. The second-order valence-electron chi connectivity index (χ2n) is 13.5. The molecule has 0 saturated heterocycles. The Morgan fingerprint density at radius 1 is 0.431 bits per heavy atom. The number of thiazole rings is 1. The maximum absolute atomic E-state index is 9.49. The zero-order valence-electron chi connectivity index (χ0n) is 28.2. The van der Waals surface area contributed by atoms with Crippen molar-refractivity contribution in [3.8, 4) is 79.4 Å². The van der Waals surface area contributed by atoms with Gasteiger partial charge in [-0.25, -0.2) is 4.98 Å². The largest absolute Gasteiger partial charge is 0.236 e. The lowest BCUT2D eigenvalue weighted by molar-refractivity contribution is 1.44. The summed E-state index contributed by atoms with van der Waals surface area (Å²) in [4.78, 5) is 5.08. The third kappa shape index (κ3) is 6.82. The van der Waals surface area contributed by atoms with Crippen molar-refractivity contribution in [1.82, 2.24) is 4.98 Å². The van der Waals surface area contributed by atoms with Crippen molar-refractivity contribution in [3.63, 3.8) is 0 Å². The molecule has 0 fully saturated rings. The van der Waals surface area contributed by atoms with Crippen molar-refractivity contribution >= 4 is 34.8 Å². The molecule has 1 heterocycles. The van der Waals surface area contributed by atoms with Crippen LogP contribution in [0.1, 0.15) is 22.3 Å². The predicted octanol–water partition coefficient (Wildman–Crippen LogP) is 10.7. The molecule has 0 N–H and O–H groups in total. The number of aromatic nitrogens is 1. The van der Waals surface area contributed by atoms with Crippen LogP contribution in [0.5, 0.6) is 0 Å². The minimum atomic E-state index is -1.49. The highest BCUT2D eigenvalue weighted by Crippen LogP contribution is 2.37. The van der Waals surface area contributed by atoms with Crippen LogP contribution >= 0.6 is 11.3 Å². The summed E-state index contributed by atoms with van der Waals surface area (Å²) in [6.07, 6.45) is 0. The first-order valence-corrected chi connectivity index (χ1v) is 20.6. The molecule has 7 rings (SSSR count). The molecule has 0 radical (unpaired) electrons. The number of hydrogen-bond acceptors (Lipinski definition) is 6. The van der Waals surface area contributed by atoms with Gasteiger partial charge < -0.3 is 0 Å². The fourth-order valence-electron chi connectivity index (χ4n) is 6.16. The van der Waals surface area contributed by atoms with Gasteiger partial charge in [0.05, 0.1) is 64.8 Å². The van der Waals surface area contributed by atoms with E-state index in [2.05, 4.69) is 105 Å². The Morgan fingerprint density at radius 2 is 0.804 bits per heavy atom. The van der Waals surface area contributed by atoms with Crippen molar-refractivity contribution < 1.29 is 0 Å². The third-order valence-corrected chi connectivity index (χ3v) is 12.0. The fraction of sp³-hybridized carbons (Fsp3) is 0.0682. The summed E-state index contributed by atoms with van der Waals surface area (Å²) in [6.45, 7) is 7.06. The molecule has 0 atom stereocenters. The summed E-state index contributed by atoms with van der Waals surface area (Å²) in [5, 5.41) is 40.3. The Labute approximate surface area is 302 Å². The van der Waals surface area contributed by atoms with Crippen LogP contribution in [0.3, 0.4) is 0 Å². The average Bonchev–Trinajstić information content (AvgIpc) is 3.61. The minimum Gasteiger partial charge on any atom is -0.236 e. The molecule has 5 nitrogen and oxygen atoms in total. The van der Waals surface area contributed by atoms with Crippen LogP contribution in [-0.4, -0.2) is 13.1 Å². The Bertz CT molecular complexity index is 2450. The van der Waals surface area contributed by atoms with Crippen LogP contribution in [0.15, 0.2) is 121 Å². The molecule has 240 valence electrons. The molecule has 51 heavy (non-hydrogen) atoms. The first-order valence-electron chi connectivity index (χ1n) is 16.3. The van der Waals surface area contributed by atoms with E-state index in [-0.39, 0.29) is 0 Å². The van der Waals surface area contributed by atoms with E-state index < -0.39 is 8.07 Å². The standard InChI is InChI=1S/C44H29N5SSi/c1-51(2,3)41-12-13-42-43(23-41)50-44(49-42)40-21-38(34-8-4-32(5-9-34)36-16-28(24-45)14-29(17-36)25-46)20-39(22-40)35-10-6-33(7-11-35)37-18-30(26-47)15-31(19-37)27-48/h4-23H,1-3H3. The number of nitriles is 4. The van der Waals surface area contributed by atoms with Gasteiger partial charge in [0.1, 0.15) is 5.01 Å². The molecule has 0 spiro atoms. The smallest absolute Gasteiger partial charge is 0.124 e. The normalized spacial score (nSPS) is 11.0. The molecule has 0 aliphatic carbocycles. The molecule has 0 aliphatic rings. The predicted molar refractivity (Wildman–Crippen MR) is 209 cm³/mol. The minimum absolute atomic E-state index is 0.451. The molecule has 0 unspecified atom stereocenters. The van der Waals surface area contributed by atoms with Crippen molar-refractivity contribution in [2.45, 2.75) is 19.6 Å². The van der Waals surface area contributed by atoms with Crippen LogP contribution < -0.4 is 5.19 Å². The molecular formula is C44H29N5SSi. The van der Waals surface area contributed by atoms with E-state index >= 15 is 0 Å². The fourth-order valence-corrected chi connectivity index (χ4v) is 8.41. The van der Waals surface area contributed by atoms with Crippen LogP contribution in [0.25, 0.3) is 65.3 Å². The lowest BCUT2D eigenvalue weighted by Crippen LogP contribution is -2.37. The number of fused-ring (bicyclic) bond motifs is 1. The van der Waals surface area contributed by atoms with Crippen molar-refractivity contribution in [3.05, 3.63) is 144 Å². The summed E-state index contributed by atoms with van der Waals surface area (Å²) < 4.78 is 1.18. The van der Waals surface area contributed by atoms with Crippen molar-refractivity contribution in [2.24, 2.45) is 0 Å². The van der Waals surface area contributed by atoms with Gasteiger partial charge in [0.25, 0.3) is 0 Å². The Morgan fingerprint density at radius 3 is 1.18 bits per heavy atom. The Hall–Kier alpha value is -6.61. The van der Waals surface area contributed by atoms with Gasteiger partial charge in [0.15, 0.2) is 0 Å². The van der Waals surface area contributed by atoms with Crippen molar-refractivity contribution in [2.75, 3.05) is 0 Å². The molecule has 7 aromatic rings. The monoisotopic (exact) mass is 687 g/mol. The zero-order chi connectivity index (χ0) is 35.7. The van der Waals surface area contributed by atoms with Crippen LogP contribution in [0, 0.1) is 45.3 Å². The highest BCUT2D eigenvalue weighted by atomic mass is 32.1. The van der Waals surface area contributed by atoms with Crippen LogP contribution in [0.2, 0.25) is 19.6 Å². The van der Waals surface area contributed by atoms with E-state index in [0.717, 1.165) is 60.6 Å². The Balaban J connectivity index is 1.32. The van der Waals surface area contributed by atoms with Gasteiger partial charge >= 0.3 is 0 Å². The first kappa shape index (κ1) is 32.9. The lowest BCUT2D eigenvalue weighted by atomic mass is 9.93. The van der Waals surface area contributed by atoms with E-state index in [4.69, 9.17) is 4.98 Å². The van der Waals surface area contributed by atoms with E-state index in [1.54, 1.807) is 47.7 Å². The molecule has 1 aromatic heterocycles. The lowest BCUT2D eigenvalue weighted by Gasteiger charge is -2.15. The summed E-state index contributed by atoms with van der Waals surface area (Å²) in [7, 11) is -1.49. The van der Waals surface area contributed by atoms with Gasteiger partial charge in [-0.3, -0.25) is 0 Å². The second kappa shape index (κ2) is 13.4. The third-order valence-electron chi connectivity index (χ3n) is 8.92. The number of rotatable bonds is 6. The van der Waals surface area contributed by atoms with Gasteiger partial charge in [-0.15, -0.1) is 11.3 Å². The van der Waals surface area contributed by atoms with E-state index in [0.29, 0.717) is 22.3 Å². The first-order chi connectivity index (χ1) is 24.6. The molecule has 0 aliphatic heterocycles. The molecule has 0 saturated carbocycles.